The zero-order valence-electron chi connectivity index (χ0n) is 36.0. The molecule has 1 aliphatic rings. The SMILES string of the molecule is [2H]c1c([2H])c([2H])c2c([2H])c3c(c([2H])c([2H])c4c([2H])c([2H])c([2H])c([2H])c43)c(-c3ccc4c5cc6c(cc5n(-c5ccccc5)c4c3)C(C)(C)c3ccccc3-6)c2c1[2H]. The first-order valence-corrected chi connectivity index (χ1v) is 15.3. The van der Waals surface area contributed by atoms with Crippen LogP contribution >= 0.6 is 0 Å². The van der Waals surface area contributed by atoms with Gasteiger partial charge in [0.1, 0.15) is 0 Å². The number of benzene rings is 8. The molecule has 0 atom stereocenters. The summed E-state index contributed by atoms with van der Waals surface area (Å²) < 4.78 is 100. The zero-order chi connectivity index (χ0) is 40.1. The normalized spacial score (nSPS) is 17.0. The lowest BCUT2D eigenvalue weighted by Gasteiger charge is -2.21. The fraction of sp³-hybridized carbons (Fsp3) is 0.0667. The van der Waals surface area contributed by atoms with Crippen molar-refractivity contribution >= 4 is 54.1 Å². The summed E-state index contributed by atoms with van der Waals surface area (Å²) in [5, 5.41) is 1.32. The summed E-state index contributed by atoms with van der Waals surface area (Å²) in [5.41, 5.74) is 7.77. The number of rotatable bonds is 2. The summed E-state index contributed by atoms with van der Waals surface area (Å²) in [6.45, 7) is 4.46. The van der Waals surface area contributed by atoms with E-state index in [4.69, 9.17) is 11.0 Å². The molecule has 10 rings (SSSR count). The largest absolute Gasteiger partial charge is 0.309 e. The van der Waals surface area contributed by atoms with E-state index in [-0.39, 0.29) is 43.3 Å². The number of para-hydroxylation sites is 1. The Labute approximate surface area is 283 Å². The third-order valence-electron chi connectivity index (χ3n) is 9.71. The van der Waals surface area contributed by atoms with Gasteiger partial charge in [0, 0.05) is 21.9 Å². The minimum absolute atomic E-state index is 0.000818. The van der Waals surface area contributed by atoms with Crippen LogP contribution in [0.3, 0.4) is 0 Å². The van der Waals surface area contributed by atoms with E-state index in [0.29, 0.717) is 5.56 Å². The molecule has 1 aromatic heterocycles. The first-order valence-electron chi connectivity index (χ1n) is 20.8. The molecular weight excluding hydrogens is 555 g/mol. The van der Waals surface area contributed by atoms with Gasteiger partial charge in [0.15, 0.2) is 0 Å². The van der Waals surface area contributed by atoms with Gasteiger partial charge in [-0.1, -0.05) is 129 Å². The smallest absolute Gasteiger partial charge is 0.0636 e. The van der Waals surface area contributed by atoms with E-state index < -0.39 is 66.5 Å². The molecule has 216 valence electrons. The highest BCUT2D eigenvalue weighted by Gasteiger charge is 2.36. The highest BCUT2D eigenvalue weighted by atomic mass is 15.0. The van der Waals surface area contributed by atoms with Crippen LogP contribution in [-0.2, 0) is 5.41 Å². The van der Waals surface area contributed by atoms with E-state index >= 15 is 0 Å². The van der Waals surface area contributed by atoms with Crippen LogP contribution in [-0.4, -0.2) is 4.57 Å². The molecule has 0 radical (unpaired) electrons. The van der Waals surface area contributed by atoms with E-state index in [2.05, 4.69) is 54.8 Å². The van der Waals surface area contributed by atoms with E-state index in [0.717, 1.165) is 33.1 Å². The number of hydrogen-bond acceptors (Lipinski definition) is 0. The number of fused-ring (bicyclic) bond motifs is 10. The molecule has 9 aromatic rings. The van der Waals surface area contributed by atoms with Crippen LogP contribution in [0.1, 0.15) is 40.1 Å². The van der Waals surface area contributed by atoms with Crippen LogP contribution in [0.4, 0.5) is 0 Å². The molecule has 0 fully saturated rings. The van der Waals surface area contributed by atoms with E-state index in [1.54, 1.807) is 0 Å². The van der Waals surface area contributed by atoms with Crippen LogP contribution in [0.15, 0.2) is 151 Å². The Hall–Kier alpha value is -5.66. The summed E-state index contributed by atoms with van der Waals surface area (Å²) >= 11 is 0. The Morgan fingerprint density at radius 1 is 0.522 bits per heavy atom. The van der Waals surface area contributed by atoms with E-state index in [1.807, 2.05) is 48.5 Å². The molecule has 0 spiro atoms. The van der Waals surface area contributed by atoms with Gasteiger partial charge in [0.05, 0.1) is 26.1 Å². The van der Waals surface area contributed by atoms with Crippen LogP contribution < -0.4 is 0 Å². The molecule has 1 heterocycles. The zero-order valence-corrected chi connectivity index (χ0v) is 25.0. The average Bonchev–Trinajstić information content (AvgIpc) is 3.65. The standard InChI is InChI=1S/C45H31N/c1-45(2)40-19-11-10-18-34(40)38-26-39-35-22-21-30(25-42(35)46(43(39)27-41(38)45)31-14-4-3-5-15-31)44-33-17-9-7-13-29(33)24-37-32-16-8-6-12-28(32)20-23-36(37)44/h3-27H,1-2H3/i6D,7D,8D,9D,12D,13D,16D,17D,20D,23D,24D. The molecule has 1 heteroatoms. The lowest BCUT2D eigenvalue weighted by Crippen LogP contribution is -2.14. The van der Waals surface area contributed by atoms with Crippen molar-refractivity contribution in [2.75, 3.05) is 0 Å². The second kappa shape index (κ2) is 9.19. The van der Waals surface area contributed by atoms with Gasteiger partial charge < -0.3 is 4.57 Å². The van der Waals surface area contributed by atoms with Crippen molar-refractivity contribution < 1.29 is 15.1 Å². The van der Waals surface area contributed by atoms with Crippen molar-refractivity contribution in [2.45, 2.75) is 19.3 Å². The monoisotopic (exact) mass is 596 g/mol. The third-order valence-corrected chi connectivity index (χ3v) is 9.71. The first-order chi connectivity index (χ1) is 27.2. The average molecular weight is 597 g/mol. The van der Waals surface area contributed by atoms with Crippen molar-refractivity contribution in [1.29, 1.82) is 0 Å². The molecule has 46 heavy (non-hydrogen) atoms. The van der Waals surface area contributed by atoms with E-state index in [1.165, 1.54) is 16.7 Å². The molecule has 1 nitrogen and oxygen atoms in total. The third kappa shape index (κ3) is 3.40. The lowest BCUT2D eigenvalue weighted by molar-refractivity contribution is 0.661. The molecule has 0 bridgehead atoms. The molecule has 8 aromatic carbocycles. The lowest BCUT2D eigenvalue weighted by atomic mass is 9.82. The van der Waals surface area contributed by atoms with Crippen LogP contribution in [0.5, 0.6) is 0 Å². The van der Waals surface area contributed by atoms with Gasteiger partial charge in [-0.05, 0) is 102 Å². The predicted molar refractivity (Wildman–Crippen MR) is 196 cm³/mol. The van der Waals surface area contributed by atoms with Crippen molar-refractivity contribution in [3.8, 4) is 27.9 Å². The Balaban J connectivity index is 1.42. The maximum Gasteiger partial charge on any atom is 0.0636 e. The Morgan fingerprint density at radius 3 is 2.13 bits per heavy atom. The molecule has 0 unspecified atom stereocenters. The summed E-state index contributed by atoms with van der Waals surface area (Å²) in [4.78, 5) is 0. The maximum atomic E-state index is 9.49. The predicted octanol–water partition coefficient (Wildman–Crippen LogP) is 12.2. The number of hydrogen-bond donors (Lipinski definition) is 0. The minimum Gasteiger partial charge on any atom is -0.309 e. The summed E-state index contributed by atoms with van der Waals surface area (Å²) in [5.74, 6) is 0. The highest BCUT2D eigenvalue weighted by molar-refractivity contribution is 6.21. The molecule has 0 aliphatic heterocycles. The second-order valence-corrected chi connectivity index (χ2v) is 12.5. The molecule has 0 saturated carbocycles. The molecule has 0 amide bonds. The maximum absolute atomic E-state index is 9.49. The van der Waals surface area contributed by atoms with Gasteiger partial charge in [-0.15, -0.1) is 0 Å². The highest BCUT2D eigenvalue weighted by Crippen LogP contribution is 2.51. The summed E-state index contributed by atoms with van der Waals surface area (Å²) in [6, 6.07) is 23.1. The second-order valence-electron chi connectivity index (χ2n) is 12.5. The fourth-order valence-electron chi connectivity index (χ4n) is 7.57. The van der Waals surface area contributed by atoms with Gasteiger partial charge in [-0.25, -0.2) is 0 Å². The van der Waals surface area contributed by atoms with Gasteiger partial charge in [0.2, 0.25) is 0 Å². The number of nitrogens with zero attached hydrogens (tertiary/aromatic N) is 1. The van der Waals surface area contributed by atoms with Gasteiger partial charge in [-0.2, -0.15) is 0 Å². The van der Waals surface area contributed by atoms with Crippen LogP contribution in [0.2, 0.25) is 0 Å². The van der Waals surface area contributed by atoms with Crippen molar-refractivity contribution in [3.05, 3.63) is 163 Å². The number of aromatic nitrogens is 1. The van der Waals surface area contributed by atoms with Gasteiger partial charge in [-0.3, -0.25) is 0 Å². The van der Waals surface area contributed by atoms with Crippen LogP contribution in [0.25, 0.3) is 82.1 Å². The van der Waals surface area contributed by atoms with Crippen molar-refractivity contribution in [3.63, 3.8) is 0 Å². The van der Waals surface area contributed by atoms with Crippen molar-refractivity contribution in [1.82, 2.24) is 4.57 Å². The fourth-order valence-corrected chi connectivity index (χ4v) is 7.57. The Kier molecular flexibility index (Phi) is 3.42. The molecule has 0 N–H and O–H groups in total. The van der Waals surface area contributed by atoms with Gasteiger partial charge >= 0.3 is 0 Å². The van der Waals surface area contributed by atoms with E-state index in [9.17, 15) is 4.11 Å². The molecular formula is C45H31N. The first kappa shape index (κ1) is 17.1. The van der Waals surface area contributed by atoms with Crippen molar-refractivity contribution in [2.24, 2.45) is 0 Å². The quantitative estimate of drug-likeness (QED) is 0.138. The van der Waals surface area contributed by atoms with Gasteiger partial charge in [0.25, 0.3) is 0 Å². The Morgan fingerprint density at radius 2 is 1.26 bits per heavy atom. The van der Waals surface area contributed by atoms with Crippen LogP contribution in [0, 0.1) is 0 Å². The summed E-state index contributed by atoms with van der Waals surface area (Å²) in [7, 11) is 0. The minimum atomic E-state index is -0.578. The summed E-state index contributed by atoms with van der Waals surface area (Å²) in [6.07, 6.45) is 0. The molecule has 0 saturated heterocycles. The Bertz CT molecular complexity index is 3330. The molecule has 1 aliphatic carbocycles. The topological polar surface area (TPSA) is 4.93 Å².